The molecule has 0 bridgehead atoms. The zero-order valence-corrected chi connectivity index (χ0v) is 17.9. The van der Waals surface area contributed by atoms with Gasteiger partial charge in [0.1, 0.15) is 5.75 Å². The summed E-state index contributed by atoms with van der Waals surface area (Å²) in [5.74, 6) is 0.879. The molecule has 0 aliphatic rings. The van der Waals surface area contributed by atoms with Gasteiger partial charge >= 0.3 is 0 Å². The Morgan fingerprint density at radius 3 is 1.56 bits per heavy atom. The number of rotatable bonds is 3. The second kappa shape index (κ2) is 7.55. The van der Waals surface area contributed by atoms with Crippen LogP contribution in [-0.2, 0) is 0 Å². The molecule has 0 spiro atoms. The number of fused-ring (bicyclic) bond motifs is 3. The Morgan fingerprint density at radius 2 is 0.969 bits per heavy atom. The fourth-order valence-electron chi connectivity index (χ4n) is 4.86. The van der Waals surface area contributed by atoms with E-state index in [4.69, 9.17) is 4.74 Å². The van der Waals surface area contributed by atoms with Crippen LogP contribution in [0, 0.1) is 0 Å². The maximum atomic E-state index is 5.47. The highest BCUT2D eigenvalue weighted by molar-refractivity contribution is 6.21. The van der Waals surface area contributed by atoms with Gasteiger partial charge in [0.2, 0.25) is 0 Å². The van der Waals surface area contributed by atoms with Crippen molar-refractivity contribution in [2.45, 2.75) is 0 Å². The van der Waals surface area contributed by atoms with Crippen molar-refractivity contribution in [1.29, 1.82) is 0 Å². The van der Waals surface area contributed by atoms with Crippen molar-refractivity contribution in [1.82, 2.24) is 0 Å². The minimum atomic E-state index is 0.879. The predicted octanol–water partition coefficient (Wildman–Crippen LogP) is 8.49. The minimum Gasteiger partial charge on any atom is -0.497 e. The van der Waals surface area contributed by atoms with Gasteiger partial charge in [0, 0.05) is 0 Å². The van der Waals surface area contributed by atoms with Crippen LogP contribution in [0.2, 0.25) is 0 Å². The predicted molar refractivity (Wildman–Crippen MR) is 136 cm³/mol. The van der Waals surface area contributed by atoms with E-state index in [-0.39, 0.29) is 0 Å². The van der Waals surface area contributed by atoms with Gasteiger partial charge in [-0.1, -0.05) is 97.1 Å². The first-order valence-corrected chi connectivity index (χ1v) is 10.9. The molecule has 0 N–H and O–H groups in total. The van der Waals surface area contributed by atoms with E-state index in [0.29, 0.717) is 0 Å². The number of hydrogen-bond donors (Lipinski definition) is 0. The highest BCUT2D eigenvalue weighted by Crippen LogP contribution is 2.44. The van der Waals surface area contributed by atoms with Gasteiger partial charge in [-0.3, -0.25) is 0 Å². The third-order valence-electron chi connectivity index (χ3n) is 6.33. The Bertz CT molecular complexity index is 1540. The molecule has 0 aliphatic carbocycles. The molecule has 6 rings (SSSR count). The summed E-state index contributed by atoms with van der Waals surface area (Å²) < 4.78 is 5.47. The van der Waals surface area contributed by atoms with E-state index in [1.165, 1.54) is 54.6 Å². The highest BCUT2D eigenvalue weighted by atomic mass is 16.5. The fraction of sp³-hybridized carbons (Fsp3) is 0.0323. The summed E-state index contributed by atoms with van der Waals surface area (Å²) in [6.07, 6.45) is 0. The summed E-state index contributed by atoms with van der Waals surface area (Å²) in [7, 11) is 1.72. The quantitative estimate of drug-likeness (QED) is 0.266. The fourth-order valence-corrected chi connectivity index (χ4v) is 4.86. The summed E-state index contributed by atoms with van der Waals surface area (Å²) in [5.41, 5.74) is 5.04. The van der Waals surface area contributed by atoms with Crippen LogP contribution in [0.25, 0.3) is 54.6 Å². The van der Waals surface area contributed by atoms with Crippen molar-refractivity contribution in [3.63, 3.8) is 0 Å². The Hall–Kier alpha value is -4.10. The van der Waals surface area contributed by atoms with Gasteiger partial charge in [-0.15, -0.1) is 0 Å². The molecule has 0 fully saturated rings. The maximum absolute atomic E-state index is 5.47. The van der Waals surface area contributed by atoms with E-state index < -0.39 is 0 Å². The van der Waals surface area contributed by atoms with Gasteiger partial charge in [0.15, 0.2) is 0 Å². The van der Waals surface area contributed by atoms with Gasteiger partial charge in [-0.2, -0.15) is 0 Å². The van der Waals surface area contributed by atoms with E-state index in [2.05, 4.69) is 109 Å². The Kier molecular flexibility index (Phi) is 4.40. The molecular formula is C31H22O. The van der Waals surface area contributed by atoms with Crippen LogP contribution in [0.4, 0.5) is 0 Å². The lowest BCUT2D eigenvalue weighted by molar-refractivity contribution is 0.415. The van der Waals surface area contributed by atoms with E-state index in [0.717, 1.165) is 5.75 Å². The molecule has 152 valence electrons. The lowest BCUT2D eigenvalue weighted by atomic mass is 9.85. The summed E-state index contributed by atoms with van der Waals surface area (Å²) in [6.45, 7) is 0. The van der Waals surface area contributed by atoms with Crippen LogP contribution in [0.1, 0.15) is 0 Å². The Morgan fingerprint density at radius 1 is 0.438 bits per heavy atom. The second-order valence-electron chi connectivity index (χ2n) is 8.14. The summed E-state index contributed by atoms with van der Waals surface area (Å²) in [5, 5.41) is 7.49. The molecule has 6 aromatic carbocycles. The number of hydrogen-bond acceptors (Lipinski definition) is 1. The van der Waals surface area contributed by atoms with Crippen LogP contribution in [0.3, 0.4) is 0 Å². The molecule has 0 heterocycles. The average Bonchev–Trinajstić information content (AvgIpc) is 2.87. The van der Waals surface area contributed by atoms with Crippen LogP contribution in [0.15, 0.2) is 115 Å². The van der Waals surface area contributed by atoms with Gasteiger partial charge < -0.3 is 4.74 Å². The van der Waals surface area contributed by atoms with Crippen molar-refractivity contribution >= 4 is 32.3 Å². The van der Waals surface area contributed by atoms with Gasteiger partial charge in [0.05, 0.1) is 7.11 Å². The topological polar surface area (TPSA) is 9.23 Å². The molecule has 1 nitrogen and oxygen atoms in total. The largest absolute Gasteiger partial charge is 0.497 e. The lowest BCUT2D eigenvalue weighted by Gasteiger charge is -2.18. The van der Waals surface area contributed by atoms with Crippen LogP contribution in [-0.4, -0.2) is 7.11 Å². The van der Waals surface area contributed by atoms with Gasteiger partial charge in [0.25, 0.3) is 0 Å². The van der Waals surface area contributed by atoms with E-state index in [1.54, 1.807) is 7.11 Å². The molecule has 6 aromatic rings. The number of methoxy groups -OCH3 is 1. The average molecular weight is 411 g/mol. The molecule has 32 heavy (non-hydrogen) atoms. The Labute approximate surface area is 187 Å². The standard InChI is InChI=1S/C31H22O/c1-32-25-18-17-21-15-16-23(19-24(21)20-25)31-28-13-7-5-11-26(28)30(22-9-3-2-4-10-22)27-12-6-8-14-29(27)31/h2-20H,1H3. The number of benzene rings is 6. The van der Waals surface area contributed by atoms with Crippen molar-refractivity contribution in [2.24, 2.45) is 0 Å². The molecule has 0 aliphatic heterocycles. The first-order valence-electron chi connectivity index (χ1n) is 10.9. The van der Waals surface area contributed by atoms with Crippen molar-refractivity contribution < 1.29 is 4.74 Å². The second-order valence-corrected chi connectivity index (χ2v) is 8.14. The molecule has 0 radical (unpaired) electrons. The first kappa shape index (κ1) is 18.7. The molecule has 0 unspecified atom stereocenters. The molecule has 0 atom stereocenters. The molecule has 0 saturated carbocycles. The van der Waals surface area contributed by atoms with Crippen molar-refractivity contribution in [3.8, 4) is 28.0 Å². The Balaban J connectivity index is 1.74. The highest BCUT2D eigenvalue weighted by Gasteiger charge is 2.16. The van der Waals surface area contributed by atoms with E-state index in [9.17, 15) is 0 Å². The molecule has 0 amide bonds. The lowest BCUT2D eigenvalue weighted by Crippen LogP contribution is -1.91. The molecular weight excluding hydrogens is 388 g/mol. The van der Waals surface area contributed by atoms with E-state index in [1.807, 2.05) is 6.07 Å². The molecule has 0 aromatic heterocycles. The smallest absolute Gasteiger partial charge is 0.119 e. The van der Waals surface area contributed by atoms with Crippen LogP contribution >= 0.6 is 0 Å². The van der Waals surface area contributed by atoms with E-state index >= 15 is 0 Å². The molecule has 0 saturated heterocycles. The summed E-state index contributed by atoms with van der Waals surface area (Å²) >= 11 is 0. The van der Waals surface area contributed by atoms with Crippen LogP contribution in [0.5, 0.6) is 5.75 Å². The third kappa shape index (κ3) is 2.94. The monoisotopic (exact) mass is 410 g/mol. The summed E-state index contributed by atoms with van der Waals surface area (Å²) in [4.78, 5) is 0. The normalized spacial score (nSPS) is 11.3. The molecule has 1 heteroatoms. The van der Waals surface area contributed by atoms with Gasteiger partial charge in [-0.25, -0.2) is 0 Å². The summed E-state index contributed by atoms with van der Waals surface area (Å²) in [6, 6.07) is 41.2. The van der Waals surface area contributed by atoms with Crippen LogP contribution < -0.4 is 4.74 Å². The maximum Gasteiger partial charge on any atom is 0.119 e. The van der Waals surface area contributed by atoms with Crippen molar-refractivity contribution in [3.05, 3.63) is 115 Å². The zero-order chi connectivity index (χ0) is 21.5. The minimum absolute atomic E-state index is 0.879. The van der Waals surface area contributed by atoms with Gasteiger partial charge in [-0.05, 0) is 72.8 Å². The first-order chi connectivity index (χ1) is 15.8. The third-order valence-corrected chi connectivity index (χ3v) is 6.33. The SMILES string of the molecule is COc1ccc2ccc(-c3c4ccccc4c(-c4ccccc4)c4ccccc34)cc2c1. The zero-order valence-electron chi connectivity index (χ0n) is 17.9. The number of ether oxygens (including phenoxy) is 1. The van der Waals surface area contributed by atoms with Crippen molar-refractivity contribution in [2.75, 3.05) is 7.11 Å².